The fourth-order valence-corrected chi connectivity index (χ4v) is 1.91. The van der Waals surface area contributed by atoms with Gasteiger partial charge in [0.15, 0.2) is 0 Å². The molecule has 0 radical (unpaired) electrons. The van der Waals surface area contributed by atoms with Crippen LogP contribution in [0.1, 0.15) is 23.7 Å². The maximum atomic E-state index is 3.37. The summed E-state index contributed by atoms with van der Waals surface area (Å²) in [6.45, 7) is 7.16. The van der Waals surface area contributed by atoms with E-state index >= 15 is 0 Å². The Bertz CT molecular complexity index is 454. The molecule has 0 saturated heterocycles. The third-order valence-electron chi connectivity index (χ3n) is 2.95. The van der Waals surface area contributed by atoms with Crippen LogP contribution in [0.25, 0.3) is 0 Å². The number of aromatic nitrogens is 1. The van der Waals surface area contributed by atoms with Gasteiger partial charge in [0.25, 0.3) is 0 Å². The first kappa shape index (κ1) is 11.9. The van der Waals surface area contributed by atoms with Crippen molar-refractivity contribution >= 4 is 0 Å². The van der Waals surface area contributed by atoms with E-state index in [1.54, 1.807) is 0 Å². The maximum absolute atomic E-state index is 3.37. The summed E-state index contributed by atoms with van der Waals surface area (Å²) in [7, 11) is 0. The third kappa shape index (κ3) is 3.21. The Kier molecular flexibility index (Phi) is 3.99. The molecule has 0 unspecified atom stereocenters. The molecule has 0 fully saturated rings. The van der Waals surface area contributed by atoms with Gasteiger partial charge in [-0.25, -0.2) is 0 Å². The van der Waals surface area contributed by atoms with E-state index in [4.69, 9.17) is 0 Å². The van der Waals surface area contributed by atoms with Crippen LogP contribution in [-0.2, 0) is 13.1 Å². The lowest BCUT2D eigenvalue weighted by Crippen LogP contribution is -2.15. The third-order valence-corrected chi connectivity index (χ3v) is 2.95. The zero-order valence-electron chi connectivity index (χ0n) is 10.6. The Morgan fingerprint density at radius 3 is 2.59 bits per heavy atom. The Balaban J connectivity index is 2.07. The Morgan fingerprint density at radius 1 is 1.12 bits per heavy atom. The number of nitrogens with one attached hydrogen (secondary N) is 1. The molecule has 17 heavy (non-hydrogen) atoms. The zero-order chi connectivity index (χ0) is 12.1. The van der Waals surface area contributed by atoms with Crippen molar-refractivity contribution in [1.82, 2.24) is 9.88 Å². The number of aryl methyl sites for hydroxylation is 1. The highest BCUT2D eigenvalue weighted by molar-refractivity contribution is 5.22. The molecule has 0 aliphatic heterocycles. The smallest absolute Gasteiger partial charge is 0.0473 e. The summed E-state index contributed by atoms with van der Waals surface area (Å²) in [4.78, 5) is 0. The maximum Gasteiger partial charge on any atom is 0.0473 e. The highest BCUT2D eigenvalue weighted by Gasteiger charge is 2.00. The molecule has 0 amide bonds. The van der Waals surface area contributed by atoms with Crippen molar-refractivity contribution in [2.24, 2.45) is 0 Å². The van der Waals surface area contributed by atoms with Crippen LogP contribution in [0.2, 0.25) is 0 Å². The summed E-state index contributed by atoms with van der Waals surface area (Å²) >= 11 is 0. The standard InChI is InChI=1S/C15H20N2/c1-3-16-11-15-5-4-10-17(15)12-14-8-6-13(2)7-9-14/h4-10,16H,3,11-12H2,1-2H3. The number of benzene rings is 1. The van der Waals surface area contributed by atoms with E-state index in [1.165, 1.54) is 16.8 Å². The van der Waals surface area contributed by atoms with Crippen LogP contribution in [0, 0.1) is 6.92 Å². The van der Waals surface area contributed by atoms with Crippen molar-refractivity contribution in [3.05, 3.63) is 59.4 Å². The SMILES string of the molecule is CCNCc1cccn1Cc1ccc(C)cc1. The summed E-state index contributed by atoms with van der Waals surface area (Å²) in [6, 6.07) is 13.0. The largest absolute Gasteiger partial charge is 0.346 e. The molecule has 2 heteroatoms. The molecule has 2 rings (SSSR count). The van der Waals surface area contributed by atoms with Crippen LogP contribution in [-0.4, -0.2) is 11.1 Å². The Hall–Kier alpha value is -1.54. The van der Waals surface area contributed by atoms with Crippen molar-refractivity contribution < 1.29 is 0 Å². The molecule has 1 N–H and O–H groups in total. The molecule has 1 aromatic heterocycles. The highest BCUT2D eigenvalue weighted by atomic mass is 15.0. The molecule has 90 valence electrons. The van der Waals surface area contributed by atoms with E-state index in [2.05, 4.69) is 66.3 Å². The zero-order valence-corrected chi connectivity index (χ0v) is 10.6. The molecule has 0 bridgehead atoms. The van der Waals surface area contributed by atoms with Gasteiger partial charge in [-0.05, 0) is 31.2 Å². The van der Waals surface area contributed by atoms with E-state index < -0.39 is 0 Å². The van der Waals surface area contributed by atoms with Gasteiger partial charge in [-0.1, -0.05) is 36.8 Å². The van der Waals surface area contributed by atoms with Crippen molar-refractivity contribution in [2.45, 2.75) is 26.9 Å². The second-order valence-corrected chi connectivity index (χ2v) is 4.39. The molecule has 2 aromatic rings. The average molecular weight is 228 g/mol. The summed E-state index contributed by atoms with van der Waals surface area (Å²) in [5.74, 6) is 0. The van der Waals surface area contributed by atoms with Crippen molar-refractivity contribution in [1.29, 1.82) is 0 Å². The first-order valence-corrected chi connectivity index (χ1v) is 6.20. The lowest BCUT2D eigenvalue weighted by atomic mass is 10.1. The fourth-order valence-electron chi connectivity index (χ4n) is 1.91. The summed E-state index contributed by atoms with van der Waals surface area (Å²) < 4.78 is 2.30. The predicted octanol–water partition coefficient (Wildman–Crippen LogP) is 2.95. The topological polar surface area (TPSA) is 17.0 Å². The minimum Gasteiger partial charge on any atom is -0.346 e. The summed E-state index contributed by atoms with van der Waals surface area (Å²) in [5, 5.41) is 3.37. The van der Waals surface area contributed by atoms with E-state index in [-0.39, 0.29) is 0 Å². The molecule has 0 atom stereocenters. The number of nitrogens with zero attached hydrogens (tertiary/aromatic N) is 1. The summed E-state index contributed by atoms with van der Waals surface area (Å²) in [6.07, 6.45) is 2.15. The van der Waals surface area contributed by atoms with Gasteiger partial charge >= 0.3 is 0 Å². The van der Waals surface area contributed by atoms with Crippen molar-refractivity contribution in [3.8, 4) is 0 Å². The van der Waals surface area contributed by atoms with Gasteiger partial charge in [-0.2, -0.15) is 0 Å². The molecular weight excluding hydrogens is 208 g/mol. The van der Waals surface area contributed by atoms with Gasteiger partial charge < -0.3 is 9.88 Å². The van der Waals surface area contributed by atoms with Gasteiger partial charge in [-0.3, -0.25) is 0 Å². The van der Waals surface area contributed by atoms with E-state index in [0.29, 0.717) is 0 Å². The normalized spacial score (nSPS) is 10.7. The van der Waals surface area contributed by atoms with E-state index in [1.807, 2.05) is 0 Å². The monoisotopic (exact) mass is 228 g/mol. The Labute approximate surface area is 103 Å². The van der Waals surface area contributed by atoms with Crippen LogP contribution in [0.4, 0.5) is 0 Å². The molecule has 0 aliphatic carbocycles. The van der Waals surface area contributed by atoms with Crippen molar-refractivity contribution in [2.75, 3.05) is 6.54 Å². The molecule has 1 heterocycles. The fraction of sp³-hybridized carbons (Fsp3) is 0.333. The molecule has 0 aliphatic rings. The number of rotatable bonds is 5. The summed E-state index contributed by atoms with van der Waals surface area (Å²) in [5.41, 5.74) is 4.01. The number of hydrogen-bond acceptors (Lipinski definition) is 1. The quantitative estimate of drug-likeness (QED) is 0.832. The van der Waals surface area contributed by atoms with Crippen LogP contribution in [0.3, 0.4) is 0 Å². The molecule has 1 aromatic carbocycles. The predicted molar refractivity (Wildman–Crippen MR) is 72.1 cm³/mol. The minimum absolute atomic E-state index is 0.940. The number of hydrogen-bond donors (Lipinski definition) is 1. The van der Waals surface area contributed by atoms with Gasteiger partial charge in [0.1, 0.15) is 0 Å². The minimum atomic E-state index is 0.940. The first-order valence-electron chi connectivity index (χ1n) is 6.20. The van der Waals surface area contributed by atoms with Gasteiger partial charge in [-0.15, -0.1) is 0 Å². The molecule has 0 spiro atoms. The lowest BCUT2D eigenvalue weighted by Gasteiger charge is -2.10. The van der Waals surface area contributed by atoms with E-state index in [0.717, 1.165) is 19.6 Å². The van der Waals surface area contributed by atoms with Crippen LogP contribution >= 0.6 is 0 Å². The molecule has 0 saturated carbocycles. The van der Waals surface area contributed by atoms with Gasteiger partial charge in [0.05, 0.1) is 0 Å². The Morgan fingerprint density at radius 2 is 1.88 bits per heavy atom. The van der Waals surface area contributed by atoms with Crippen LogP contribution < -0.4 is 5.32 Å². The second kappa shape index (κ2) is 5.69. The van der Waals surface area contributed by atoms with E-state index in [9.17, 15) is 0 Å². The molecular formula is C15H20N2. The van der Waals surface area contributed by atoms with Gasteiger partial charge in [0.2, 0.25) is 0 Å². The first-order chi connectivity index (χ1) is 8.29. The average Bonchev–Trinajstić information content (AvgIpc) is 2.77. The van der Waals surface area contributed by atoms with Crippen molar-refractivity contribution in [3.63, 3.8) is 0 Å². The lowest BCUT2D eigenvalue weighted by molar-refractivity contribution is 0.657. The van der Waals surface area contributed by atoms with Crippen LogP contribution in [0.5, 0.6) is 0 Å². The molecule has 2 nitrogen and oxygen atoms in total. The second-order valence-electron chi connectivity index (χ2n) is 4.39. The van der Waals surface area contributed by atoms with Gasteiger partial charge in [0, 0.05) is 25.0 Å². The van der Waals surface area contributed by atoms with Crippen LogP contribution in [0.15, 0.2) is 42.6 Å². The highest BCUT2D eigenvalue weighted by Crippen LogP contribution is 2.09.